The van der Waals surface area contributed by atoms with Crippen LogP contribution in [0, 0.1) is 0 Å². The van der Waals surface area contributed by atoms with E-state index in [0.717, 1.165) is 39.1 Å². The standard InChI is InChI=1S/C14H23N3S/c1-18-13-4-2-12(3-5-13)14(15)6-9-17-10-7-16-8-11-17/h2-5,14,16H,6-11,15H2,1H3. The van der Waals surface area contributed by atoms with Gasteiger partial charge in [-0.15, -0.1) is 11.8 Å². The molecule has 0 bridgehead atoms. The highest BCUT2D eigenvalue weighted by Crippen LogP contribution is 2.19. The second-order valence-electron chi connectivity index (χ2n) is 4.76. The van der Waals surface area contributed by atoms with E-state index in [4.69, 9.17) is 5.73 Å². The summed E-state index contributed by atoms with van der Waals surface area (Å²) in [6.45, 7) is 5.62. The number of thioether (sulfide) groups is 1. The van der Waals surface area contributed by atoms with E-state index in [1.807, 2.05) is 0 Å². The maximum atomic E-state index is 6.25. The Morgan fingerprint density at radius 1 is 1.28 bits per heavy atom. The Balaban J connectivity index is 1.80. The van der Waals surface area contributed by atoms with Gasteiger partial charge < -0.3 is 16.0 Å². The van der Waals surface area contributed by atoms with Crippen LogP contribution in [0.1, 0.15) is 18.0 Å². The van der Waals surface area contributed by atoms with Crippen LogP contribution in [0.5, 0.6) is 0 Å². The van der Waals surface area contributed by atoms with E-state index < -0.39 is 0 Å². The molecule has 0 saturated carbocycles. The Labute approximate surface area is 114 Å². The Hall–Kier alpha value is -0.550. The second kappa shape index (κ2) is 7.14. The highest BCUT2D eigenvalue weighted by Gasteiger charge is 2.12. The molecule has 0 aromatic heterocycles. The number of benzene rings is 1. The van der Waals surface area contributed by atoms with Gasteiger partial charge in [0.2, 0.25) is 0 Å². The van der Waals surface area contributed by atoms with Crippen molar-refractivity contribution in [1.29, 1.82) is 0 Å². The molecule has 4 heteroatoms. The lowest BCUT2D eigenvalue weighted by atomic mass is 10.0. The van der Waals surface area contributed by atoms with Crippen LogP contribution in [0.4, 0.5) is 0 Å². The highest BCUT2D eigenvalue weighted by atomic mass is 32.2. The van der Waals surface area contributed by atoms with Gasteiger partial charge in [0.15, 0.2) is 0 Å². The van der Waals surface area contributed by atoms with Gasteiger partial charge in [0.05, 0.1) is 0 Å². The molecule has 0 radical (unpaired) electrons. The molecule has 1 heterocycles. The molecule has 3 N–H and O–H groups in total. The Kier molecular flexibility index (Phi) is 5.50. The van der Waals surface area contributed by atoms with Gasteiger partial charge in [-0.2, -0.15) is 0 Å². The fourth-order valence-electron chi connectivity index (χ4n) is 2.27. The van der Waals surface area contributed by atoms with Crippen molar-refractivity contribution in [2.45, 2.75) is 17.4 Å². The van der Waals surface area contributed by atoms with Crippen LogP contribution in [-0.4, -0.2) is 43.9 Å². The number of rotatable bonds is 5. The smallest absolute Gasteiger partial charge is 0.0307 e. The highest BCUT2D eigenvalue weighted by molar-refractivity contribution is 7.98. The minimum Gasteiger partial charge on any atom is -0.324 e. The fourth-order valence-corrected chi connectivity index (χ4v) is 2.68. The zero-order valence-corrected chi connectivity index (χ0v) is 11.9. The second-order valence-corrected chi connectivity index (χ2v) is 5.64. The van der Waals surface area contributed by atoms with Crippen LogP contribution in [0.15, 0.2) is 29.2 Å². The van der Waals surface area contributed by atoms with E-state index in [1.54, 1.807) is 11.8 Å². The van der Waals surface area contributed by atoms with Crippen LogP contribution in [0.2, 0.25) is 0 Å². The monoisotopic (exact) mass is 265 g/mol. The summed E-state index contributed by atoms with van der Waals surface area (Å²) in [6.07, 6.45) is 3.14. The number of piperazine rings is 1. The molecule has 1 aromatic rings. The van der Waals surface area contributed by atoms with Crippen molar-refractivity contribution in [3.05, 3.63) is 29.8 Å². The molecule has 1 fully saturated rings. The average molecular weight is 265 g/mol. The van der Waals surface area contributed by atoms with Gasteiger partial charge >= 0.3 is 0 Å². The van der Waals surface area contributed by atoms with Gasteiger partial charge in [0.1, 0.15) is 0 Å². The van der Waals surface area contributed by atoms with Crippen molar-refractivity contribution >= 4 is 11.8 Å². The molecule has 2 rings (SSSR count). The van der Waals surface area contributed by atoms with Crippen molar-refractivity contribution < 1.29 is 0 Å². The molecule has 1 saturated heterocycles. The average Bonchev–Trinajstić information content (AvgIpc) is 2.46. The quantitative estimate of drug-likeness (QED) is 0.795. The van der Waals surface area contributed by atoms with Crippen LogP contribution >= 0.6 is 11.8 Å². The third-order valence-electron chi connectivity index (χ3n) is 3.51. The zero-order valence-electron chi connectivity index (χ0n) is 11.1. The summed E-state index contributed by atoms with van der Waals surface area (Å²) < 4.78 is 0. The first-order chi connectivity index (χ1) is 8.79. The first kappa shape index (κ1) is 13.9. The summed E-state index contributed by atoms with van der Waals surface area (Å²) in [5.74, 6) is 0. The largest absolute Gasteiger partial charge is 0.324 e. The van der Waals surface area contributed by atoms with Crippen molar-refractivity contribution in [2.75, 3.05) is 39.0 Å². The van der Waals surface area contributed by atoms with Crippen LogP contribution in [0.25, 0.3) is 0 Å². The van der Waals surface area contributed by atoms with Gasteiger partial charge in [0.25, 0.3) is 0 Å². The van der Waals surface area contributed by atoms with E-state index in [1.165, 1.54) is 10.5 Å². The van der Waals surface area contributed by atoms with Gasteiger partial charge in [-0.3, -0.25) is 0 Å². The number of hydrogen-bond donors (Lipinski definition) is 2. The molecule has 0 amide bonds. The lowest BCUT2D eigenvalue weighted by molar-refractivity contribution is 0.233. The Bertz CT molecular complexity index is 347. The summed E-state index contributed by atoms with van der Waals surface area (Å²) in [7, 11) is 0. The van der Waals surface area contributed by atoms with E-state index in [0.29, 0.717) is 0 Å². The van der Waals surface area contributed by atoms with Crippen LogP contribution in [-0.2, 0) is 0 Å². The van der Waals surface area contributed by atoms with Crippen molar-refractivity contribution in [3.8, 4) is 0 Å². The van der Waals surface area contributed by atoms with E-state index >= 15 is 0 Å². The molecule has 100 valence electrons. The summed E-state index contributed by atoms with van der Waals surface area (Å²) in [6, 6.07) is 8.80. The van der Waals surface area contributed by atoms with Gasteiger partial charge in [-0.1, -0.05) is 12.1 Å². The summed E-state index contributed by atoms with van der Waals surface area (Å²) in [5, 5.41) is 3.37. The molecule has 1 atom stereocenters. The molecule has 1 unspecified atom stereocenters. The van der Waals surface area contributed by atoms with Crippen molar-refractivity contribution in [2.24, 2.45) is 5.73 Å². The molecule has 1 aromatic carbocycles. The number of nitrogens with two attached hydrogens (primary N) is 1. The first-order valence-corrected chi connectivity index (χ1v) is 7.84. The summed E-state index contributed by atoms with van der Waals surface area (Å²) in [5.41, 5.74) is 7.51. The number of nitrogens with zero attached hydrogens (tertiary/aromatic N) is 1. The maximum absolute atomic E-state index is 6.25. The lowest BCUT2D eigenvalue weighted by Gasteiger charge is -2.28. The van der Waals surface area contributed by atoms with E-state index in [2.05, 4.69) is 40.7 Å². The Morgan fingerprint density at radius 3 is 2.56 bits per heavy atom. The number of nitrogens with one attached hydrogen (secondary N) is 1. The molecule has 18 heavy (non-hydrogen) atoms. The van der Waals surface area contributed by atoms with Crippen molar-refractivity contribution in [1.82, 2.24) is 10.2 Å². The predicted molar refractivity (Wildman–Crippen MR) is 79.1 cm³/mol. The number of hydrogen-bond acceptors (Lipinski definition) is 4. The summed E-state index contributed by atoms with van der Waals surface area (Å²) >= 11 is 1.77. The maximum Gasteiger partial charge on any atom is 0.0307 e. The lowest BCUT2D eigenvalue weighted by Crippen LogP contribution is -2.44. The predicted octanol–water partition coefficient (Wildman–Crippen LogP) is 1.70. The molecule has 1 aliphatic heterocycles. The zero-order chi connectivity index (χ0) is 12.8. The Morgan fingerprint density at radius 2 is 1.94 bits per heavy atom. The summed E-state index contributed by atoms with van der Waals surface area (Å²) in [4.78, 5) is 3.79. The van der Waals surface area contributed by atoms with Crippen molar-refractivity contribution in [3.63, 3.8) is 0 Å². The SMILES string of the molecule is CSc1ccc(C(N)CCN2CCNCC2)cc1. The normalized spacial score (nSPS) is 18.8. The molecule has 1 aliphatic rings. The van der Waals surface area contributed by atoms with Crippen LogP contribution < -0.4 is 11.1 Å². The minimum atomic E-state index is 0.163. The molecule has 0 aliphatic carbocycles. The van der Waals surface area contributed by atoms with Crippen LogP contribution in [0.3, 0.4) is 0 Å². The van der Waals surface area contributed by atoms with Gasteiger partial charge in [0, 0.05) is 43.7 Å². The van der Waals surface area contributed by atoms with E-state index in [-0.39, 0.29) is 6.04 Å². The van der Waals surface area contributed by atoms with Gasteiger partial charge in [-0.05, 0) is 30.4 Å². The van der Waals surface area contributed by atoms with Gasteiger partial charge in [-0.25, -0.2) is 0 Å². The topological polar surface area (TPSA) is 41.3 Å². The molecule has 3 nitrogen and oxygen atoms in total. The third kappa shape index (κ3) is 3.99. The van der Waals surface area contributed by atoms with E-state index in [9.17, 15) is 0 Å². The fraction of sp³-hybridized carbons (Fsp3) is 0.571. The molecular weight excluding hydrogens is 242 g/mol. The minimum absolute atomic E-state index is 0.163. The molecular formula is C14H23N3S. The first-order valence-electron chi connectivity index (χ1n) is 6.62. The third-order valence-corrected chi connectivity index (χ3v) is 4.25. The molecule has 0 spiro atoms.